The Labute approximate surface area is 169 Å². The summed E-state index contributed by atoms with van der Waals surface area (Å²) in [6.07, 6.45) is 8.33. The molecule has 3 aromatic rings. The molecule has 6 heteroatoms. The van der Waals surface area contributed by atoms with Gasteiger partial charge in [-0.25, -0.2) is 14.8 Å². The molecule has 0 bridgehead atoms. The minimum Gasteiger partial charge on any atom is -0.475 e. The van der Waals surface area contributed by atoms with Crippen molar-refractivity contribution in [1.82, 2.24) is 14.5 Å². The summed E-state index contributed by atoms with van der Waals surface area (Å²) in [7, 11) is 0. The molecule has 1 aliphatic carbocycles. The van der Waals surface area contributed by atoms with Crippen molar-refractivity contribution in [2.24, 2.45) is 11.8 Å². The van der Waals surface area contributed by atoms with Gasteiger partial charge in [0.25, 0.3) is 0 Å². The number of aromatic nitrogens is 3. The molecule has 0 spiro atoms. The molecular weight excluding hydrogens is 374 g/mol. The van der Waals surface area contributed by atoms with E-state index in [9.17, 15) is 9.90 Å². The normalized spacial score (nSPS) is 19.8. The highest BCUT2D eigenvalue weighted by molar-refractivity contribution is 6.30. The van der Waals surface area contributed by atoms with Crippen LogP contribution >= 0.6 is 11.6 Å². The van der Waals surface area contributed by atoms with Crippen LogP contribution in [0.4, 0.5) is 0 Å². The van der Waals surface area contributed by atoms with Crippen molar-refractivity contribution in [1.29, 1.82) is 0 Å². The van der Waals surface area contributed by atoms with E-state index >= 15 is 0 Å². The molecule has 1 N–H and O–H groups in total. The maximum absolute atomic E-state index is 11.5. The molecular formula is C22H24ClN3O2. The predicted molar refractivity (Wildman–Crippen MR) is 111 cm³/mol. The molecule has 1 fully saturated rings. The molecule has 2 heterocycles. The minimum absolute atomic E-state index is 0.191. The van der Waals surface area contributed by atoms with Crippen molar-refractivity contribution in [3.8, 4) is 11.3 Å². The van der Waals surface area contributed by atoms with E-state index in [-0.39, 0.29) is 5.82 Å². The molecule has 28 heavy (non-hydrogen) atoms. The predicted octanol–water partition coefficient (Wildman–Crippen LogP) is 5.67. The number of rotatable bonds is 5. The molecule has 0 saturated heterocycles. The van der Waals surface area contributed by atoms with Gasteiger partial charge in [0, 0.05) is 23.3 Å². The fraction of sp³-hybridized carbons (Fsp3) is 0.409. The van der Waals surface area contributed by atoms with Crippen molar-refractivity contribution in [2.75, 3.05) is 0 Å². The van der Waals surface area contributed by atoms with Crippen LogP contribution in [0.25, 0.3) is 22.3 Å². The Morgan fingerprint density at radius 3 is 2.61 bits per heavy atom. The second kappa shape index (κ2) is 7.92. The lowest BCUT2D eigenvalue weighted by molar-refractivity contribution is 0.0684. The lowest BCUT2D eigenvalue weighted by atomic mass is 9.81. The third-order valence-corrected chi connectivity index (χ3v) is 6.13. The number of carboxylic acids is 1. The van der Waals surface area contributed by atoms with Gasteiger partial charge in [0.1, 0.15) is 0 Å². The van der Waals surface area contributed by atoms with E-state index in [0.717, 1.165) is 23.5 Å². The van der Waals surface area contributed by atoms with Gasteiger partial charge in [0.15, 0.2) is 0 Å². The number of hydrogen-bond donors (Lipinski definition) is 1. The van der Waals surface area contributed by atoms with Crippen molar-refractivity contribution >= 4 is 28.6 Å². The first-order chi connectivity index (χ1) is 13.5. The van der Waals surface area contributed by atoms with E-state index in [4.69, 9.17) is 11.6 Å². The van der Waals surface area contributed by atoms with Gasteiger partial charge in [0.2, 0.25) is 5.82 Å². The van der Waals surface area contributed by atoms with Crippen LogP contribution in [-0.2, 0) is 6.54 Å². The zero-order valence-electron chi connectivity index (χ0n) is 15.9. The lowest BCUT2D eigenvalue weighted by Crippen LogP contribution is -2.18. The van der Waals surface area contributed by atoms with Gasteiger partial charge in [-0.3, -0.25) is 0 Å². The molecule has 1 saturated carbocycles. The van der Waals surface area contributed by atoms with Crippen LogP contribution in [0.15, 0.2) is 36.5 Å². The molecule has 0 radical (unpaired) electrons. The summed E-state index contributed by atoms with van der Waals surface area (Å²) in [6.45, 7) is 3.18. The standard InChI is InChI=1S/C22H24ClN3O2/c1-2-14-6-8-15(9-7-14)13-26-11-10-18-20(26)19(25-21(24-18)22(27)28)16-4-3-5-17(23)12-16/h3-5,10-12,14-15H,2,6-9,13H2,1H3,(H,27,28). The Balaban J connectivity index is 1.75. The first-order valence-corrected chi connectivity index (χ1v) is 10.3. The summed E-state index contributed by atoms with van der Waals surface area (Å²) in [4.78, 5) is 20.2. The van der Waals surface area contributed by atoms with Gasteiger partial charge >= 0.3 is 5.97 Å². The molecule has 0 amide bonds. The third kappa shape index (κ3) is 3.76. The first kappa shape index (κ1) is 18.9. The SMILES string of the molecule is CCC1CCC(Cn2ccc3nc(C(=O)O)nc(-c4cccc(Cl)c4)c32)CC1. The van der Waals surface area contributed by atoms with Gasteiger partial charge < -0.3 is 9.67 Å². The number of halogens is 1. The molecule has 5 nitrogen and oxygen atoms in total. The second-order valence-corrected chi connectivity index (χ2v) is 8.14. The zero-order chi connectivity index (χ0) is 19.7. The molecule has 1 aliphatic rings. The number of benzene rings is 1. The van der Waals surface area contributed by atoms with Crippen LogP contribution in [0.2, 0.25) is 5.02 Å². The molecule has 0 atom stereocenters. The lowest BCUT2D eigenvalue weighted by Gasteiger charge is -2.28. The largest absolute Gasteiger partial charge is 0.475 e. The number of hydrogen-bond acceptors (Lipinski definition) is 3. The van der Waals surface area contributed by atoms with Gasteiger partial charge in [-0.2, -0.15) is 0 Å². The third-order valence-electron chi connectivity index (χ3n) is 5.90. The quantitative estimate of drug-likeness (QED) is 0.602. The van der Waals surface area contributed by atoms with E-state index < -0.39 is 5.97 Å². The van der Waals surface area contributed by atoms with Gasteiger partial charge in [-0.15, -0.1) is 0 Å². The Morgan fingerprint density at radius 2 is 1.93 bits per heavy atom. The smallest absolute Gasteiger partial charge is 0.373 e. The van der Waals surface area contributed by atoms with Crippen molar-refractivity contribution in [3.05, 3.63) is 47.4 Å². The maximum atomic E-state index is 11.5. The Kier molecular flexibility index (Phi) is 5.36. The van der Waals surface area contributed by atoms with Crippen LogP contribution in [0.5, 0.6) is 0 Å². The Hall–Kier alpha value is -2.40. The zero-order valence-corrected chi connectivity index (χ0v) is 16.7. The second-order valence-electron chi connectivity index (χ2n) is 7.71. The van der Waals surface area contributed by atoms with Gasteiger partial charge in [-0.05, 0) is 42.9 Å². The summed E-state index contributed by atoms with van der Waals surface area (Å²) in [5.74, 6) is 0.172. The number of aromatic carboxylic acids is 1. The molecule has 146 valence electrons. The monoisotopic (exact) mass is 397 g/mol. The minimum atomic E-state index is -1.13. The van der Waals surface area contributed by atoms with Crippen molar-refractivity contribution in [3.63, 3.8) is 0 Å². The topological polar surface area (TPSA) is 68.0 Å². The number of fused-ring (bicyclic) bond motifs is 1. The van der Waals surface area contributed by atoms with Crippen molar-refractivity contribution < 1.29 is 9.90 Å². The summed E-state index contributed by atoms with van der Waals surface area (Å²) < 4.78 is 2.19. The van der Waals surface area contributed by atoms with E-state index in [1.165, 1.54) is 32.1 Å². The van der Waals surface area contributed by atoms with Gasteiger partial charge in [0.05, 0.1) is 16.7 Å². The van der Waals surface area contributed by atoms with Crippen molar-refractivity contribution in [2.45, 2.75) is 45.6 Å². The van der Waals surface area contributed by atoms with E-state index in [1.54, 1.807) is 6.07 Å². The summed E-state index contributed by atoms with van der Waals surface area (Å²) >= 11 is 6.18. The average molecular weight is 398 g/mol. The number of nitrogens with zero attached hydrogens (tertiary/aromatic N) is 3. The van der Waals surface area contributed by atoms with E-state index in [1.807, 2.05) is 30.5 Å². The van der Waals surface area contributed by atoms with Gasteiger partial charge in [-0.1, -0.05) is 49.9 Å². The molecule has 2 aromatic heterocycles. The number of carbonyl (C=O) groups is 1. The average Bonchev–Trinajstić information content (AvgIpc) is 3.10. The fourth-order valence-corrected chi connectivity index (χ4v) is 4.48. The maximum Gasteiger partial charge on any atom is 0.373 e. The summed E-state index contributed by atoms with van der Waals surface area (Å²) in [6, 6.07) is 9.26. The van der Waals surface area contributed by atoms with Crippen LogP contribution in [0.3, 0.4) is 0 Å². The number of carboxylic acid groups (broad SMARTS) is 1. The first-order valence-electron chi connectivity index (χ1n) is 9.91. The summed E-state index contributed by atoms with van der Waals surface area (Å²) in [5, 5.41) is 10.0. The Morgan fingerprint density at radius 1 is 1.18 bits per heavy atom. The molecule has 0 unspecified atom stereocenters. The van der Waals surface area contributed by atoms with E-state index in [2.05, 4.69) is 21.5 Å². The highest BCUT2D eigenvalue weighted by Gasteiger charge is 2.23. The highest BCUT2D eigenvalue weighted by atomic mass is 35.5. The summed E-state index contributed by atoms with van der Waals surface area (Å²) in [5.41, 5.74) is 2.96. The molecule has 4 rings (SSSR count). The molecule has 1 aromatic carbocycles. The fourth-order valence-electron chi connectivity index (χ4n) is 4.29. The Bertz CT molecular complexity index is 1010. The van der Waals surface area contributed by atoms with Crippen LogP contribution in [0.1, 0.15) is 49.6 Å². The highest BCUT2D eigenvalue weighted by Crippen LogP contribution is 2.34. The van der Waals surface area contributed by atoms with Crippen LogP contribution in [-0.4, -0.2) is 25.6 Å². The van der Waals surface area contributed by atoms with E-state index in [0.29, 0.717) is 22.2 Å². The van der Waals surface area contributed by atoms with Crippen LogP contribution in [0, 0.1) is 11.8 Å². The van der Waals surface area contributed by atoms with Crippen LogP contribution < -0.4 is 0 Å². The molecule has 0 aliphatic heterocycles.